The number of nitrogens with two attached hydrogens (primary N) is 1. The van der Waals surface area contributed by atoms with E-state index in [-0.39, 0.29) is 12.4 Å². The lowest BCUT2D eigenvalue weighted by atomic mass is 10.4. The van der Waals surface area contributed by atoms with Crippen molar-refractivity contribution in [3.05, 3.63) is 34.2 Å². The van der Waals surface area contributed by atoms with E-state index in [4.69, 9.17) is 5.73 Å². The predicted octanol–water partition coefficient (Wildman–Crippen LogP) is 1.61. The smallest absolute Gasteiger partial charge is 0.267 e. The first-order chi connectivity index (χ1) is 7.66. The molecule has 0 fully saturated rings. The third kappa shape index (κ3) is 3.21. The Kier molecular flexibility index (Phi) is 4.53. The molecule has 2 aromatic heterocycles. The van der Waals surface area contributed by atoms with Crippen molar-refractivity contribution in [1.29, 1.82) is 0 Å². The lowest BCUT2D eigenvalue weighted by Crippen LogP contribution is -2.15. The predicted molar refractivity (Wildman–Crippen MR) is 70.6 cm³/mol. The molecule has 0 aromatic carbocycles. The molecule has 2 rings (SSSR count). The molecule has 7 heteroatoms. The van der Waals surface area contributed by atoms with Gasteiger partial charge in [-0.15, -0.1) is 23.7 Å². The highest BCUT2D eigenvalue weighted by molar-refractivity contribution is 7.09. The van der Waals surface area contributed by atoms with Crippen LogP contribution in [0.15, 0.2) is 23.6 Å². The van der Waals surface area contributed by atoms with Gasteiger partial charge in [0.2, 0.25) is 0 Å². The van der Waals surface area contributed by atoms with Crippen LogP contribution >= 0.6 is 23.7 Å². The summed E-state index contributed by atoms with van der Waals surface area (Å²) in [6, 6.07) is 5.68. The van der Waals surface area contributed by atoms with Gasteiger partial charge in [-0.3, -0.25) is 9.48 Å². The lowest BCUT2D eigenvalue weighted by Gasteiger charge is -1.98. The van der Waals surface area contributed by atoms with Gasteiger partial charge in [0.15, 0.2) is 0 Å². The van der Waals surface area contributed by atoms with Crippen molar-refractivity contribution in [1.82, 2.24) is 9.78 Å². The number of primary amides is 1. The maximum atomic E-state index is 11.0. The molecule has 0 saturated carbocycles. The summed E-state index contributed by atoms with van der Waals surface area (Å²) in [7, 11) is 1.69. The van der Waals surface area contributed by atoms with Gasteiger partial charge in [-0.2, -0.15) is 5.10 Å². The van der Waals surface area contributed by atoms with Gasteiger partial charge in [0, 0.05) is 18.0 Å². The number of thiophene rings is 1. The highest BCUT2D eigenvalue weighted by Crippen LogP contribution is 2.12. The quantitative estimate of drug-likeness (QED) is 0.888. The first-order valence-corrected chi connectivity index (χ1v) is 5.65. The molecule has 0 saturated heterocycles. The summed E-state index contributed by atoms with van der Waals surface area (Å²) in [5.74, 6) is 0.184. The fourth-order valence-electron chi connectivity index (χ4n) is 1.38. The molecule has 0 aliphatic heterocycles. The SMILES string of the molecule is Cl.Cn1nc(NCc2cccs2)cc1C(N)=O. The van der Waals surface area contributed by atoms with Crippen LogP contribution in [0.1, 0.15) is 15.4 Å². The van der Waals surface area contributed by atoms with Gasteiger partial charge in [-0.05, 0) is 11.4 Å². The number of amides is 1. The molecule has 0 spiro atoms. The fourth-order valence-corrected chi connectivity index (χ4v) is 2.02. The van der Waals surface area contributed by atoms with E-state index < -0.39 is 5.91 Å². The number of anilines is 1. The normalized spacial score (nSPS) is 9.71. The van der Waals surface area contributed by atoms with Crippen molar-refractivity contribution >= 4 is 35.5 Å². The molecule has 92 valence electrons. The average molecular weight is 273 g/mol. The largest absolute Gasteiger partial charge is 0.364 e. The molecule has 0 radical (unpaired) electrons. The molecule has 0 unspecified atom stereocenters. The van der Waals surface area contributed by atoms with E-state index in [1.165, 1.54) is 9.56 Å². The van der Waals surface area contributed by atoms with Gasteiger partial charge in [0.25, 0.3) is 5.91 Å². The second-order valence-electron chi connectivity index (χ2n) is 3.34. The monoisotopic (exact) mass is 272 g/mol. The van der Waals surface area contributed by atoms with Crippen molar-refractivity contribution in [3.8, 4) is 0 Å². The van der Waals surface area contributed by atoms with Crippen LogP contribution in [0.25, 0.3) is 0 Å². The zero-order valence-electron chi connectivity index (χ0n) is 9.21. The van der Waals surface area contributed by atoms with E-state index in [2.05, 4.69) is 10.4 Å². The Morgan fingerprint density at radius 1 is 1.65 bits per heavy atom. The zero-order chi connectivity index (χ0) is 11.5. The molecule has 3 N–H and O–H groups in total. The Balaban J connectivity index is 0.00000144. The minimum Gasteiger partial charge on any atom is -0.364 e. The van der Waals surface area contributed by atoms with Crippen LogP contribution in [-0.4, -0.2) is 15.7 Å². The van der Waals surface area contributed by atoms with Crippen LogP contribution in [0, 0.1) is 0 Å². The van der Waals surface area contributed by atoms with E-state index in [1.54, 1.807) is 24.5 Å². The Bertz CT molecular complexity index is 494. The maximum Gasteiger partial charge on any atom is 0.267 e. The molecule has 2 heterocycles. The minimum absolute atomic E-state index is 0. The van der Waals surface area contributed by atoms with Crippen LogP contribution in [-0.2, 0) is 13.6 Å². The summed E-state index contributed by atoms with van der Waals surface area (Å²) in [6.45, 7) is 0.701. The molecule has 0 bridgehead atoms. The maximum absolute atomic E-state index is 11.0. The number of rotatable bonds is 4. The summed E-state index contributed by atoms with van der Waals surface area (Å²) in [4.78, 5) is 12.2. The van der Waals surface area contributed by atoms with Crippen molar-refractivity contribution in [2.75, 3.05) is 5.32 Å². The Morgan fingerprint density at radius 3 is 2.94 bits per heavy atom. The number of carbonyl (C=O) groups is 1. The molecule has 17 heavy (non-hydrogen) atoms. The number of halogens is 1. The van der Waals surface area contributed by atoms with Gasteiger partial charge in [-0.1, -0.05) is 6.07 Å². The summed E-state index contributed by atoms with van der Waals surface area (Å²) in [6.07, 6.45) is 0. The summed E-state index contributed by atoms with van der Waals surface area (Å²) < 4.78 is 1.47. The van der Waals surface area contributed by atoms with Gasteiger partial charge in [-0.25, -0.2) is 0 Å². The molecule has 0 aliphatic carbocycles. The second kappa shape index (κ2) is 5.70. The van der Waals surface area contributed by atoms with Crippen LogP contribution in [0.2, 0.25) is 0 Å². The van der Waals surface area contributed by atoms with Crippen LogP contribution in [0.4, 0.5) is 5.82 Å². The molecular weight excluding hydrogens is 260 g/mol. The van der Waals surface area contributed by atoms with Crippen molar-refractivity contribution in [3.63, 3.8) is 0 Å². The first kappa shape index (κ1) is 13.5. The average Bonchev–Trinajstić information content (AvgIpc) is 2.83. The van der Waals surface area contributed by atoms with Gasteiger partial charge < -0.3 is 11.1 Å². The van der Waals surface area contributed by atoms with Crippen LogP contribution in [0.3, 0.4) is 0 Å². The number of aromatic nitrogens is 2. The van der Waals surface area contributed by atoms with Gasteiger partial charge in [0.1, 0.15) is 11.5 Å². The molecule has 5 nitrogen and oxygen atoms in total. The highest BCUT2D eigenvalue weighted by atomic mass is 35.5. The van der Waals surface area contributed by atoms with Crippen molar-refractivity contribution < 1.29 is 4.79 Å². The van der Waals surface area contributed by atoms with E-state index in [0.29, 0.717) is 18.1 Å². The van der Waals surface area contributed by atoms with E-state index >= 15 is 0 Å². The van der Waals surface area contributed by atoms with E-state index in [9.17, 15) is 4.79 Å². The topological polar surface area (TPSA) is 72.9 Å². The lowest BCUT2D eigenvalue weighted by molar-refractivity contribution is 0.0991. The molecule has 0 atom stereocenters. The molecular formula is C10H13ClN4OS. The third-order valence-corrected chi connectivity index (χ3v) is 3.03. The second-order valence-corrected chi connectivity index (χ2v) is 4.37. The number of nitrogens with one attached hydrogen (secondary N) is 1. The van der Waals surface area contributed by atoms with Crippen LogP contribution < -0.4 is 11.1 Å². The summed E-state index contributed by atoms with van der Waals surface area (Å²) in [5.41, 5.74) is 5.59. The zero-order valence-corrected chi connectivity index (χ0v) is 10.8. The first-order valence-electron chi connectivity index (χ1n) is 4.77. The standard InChI is InChI=1S/C10H12N4OS.ClH/c1-14-8(10(11)15)5-9(13-14)12-6-7-3-2-4-16-7;/h2-5H,6H2,1H3,(H2,11,15)(H,12,13);1H. The number of hydrogen-bond donors (Lipinski definition) is 2. The molecule has 1 amide bonds. The Hall–Kier alpha value is -1.53. The number of aryl methyl sites for hydroxylation is 1. The Morgan fingerprint density at radius 2 is 2.41 bits per heavy atom. The van der Waals surface area contributed by atoms with Gasteiger partial charge in [0.05, 0.1) is 6.54 Å². The number of carbonyl (C=O) groups excluding carboxylic acids is 1. The van der Waals surface area contributed by atoms with E-state index in [0.717, 1.165) is 0 Å². The third-order valence-electron chi connectivity index (χ3n) is 2.16. The molecule has 0 aliphatic rings. The van der Waals surface area contributed by atoms with Gasteiger partial charge >= 0.3 is 0 Å². The Labute approximate surface area is 109 Å². The van der Waals surface area contributed by atoms with Crippen LogP contribution in [0.5, 0.6) is 0 Å². The summed E-state index contributed by atoms with van der Waals surface area (Å²) in [5, 5.41) is 9.29. The van der Waals surface area contributed by atoms with Crippen molar-refractivity contribution in [2.24, 2.45) is 12.8 Å². The fraction of sp³-hybridized carbons (Fsp3) is 0.200. The summed E-state index contributed by atoms with van der Waals surface area (Å²) >= 11 is 1.67. The number of hydrogen-bond acceptors (Lipinski definition) is 4. The minimum atomic E-state index is -0.473. The van der Waals surface area contributed by atoms with E-state index in [1.807, 2.05) is 17.5 Å². The number of nitrogens with zero attached hydrogens (tertiary/aromatic N) is 2. The highest BCUT2D eigenvalue weighted by Gasteiger charge is 2.09. The molecule has 2 aromatic rings. The van der Waals surface area contributed by atoms with Crippen molar-refractivity contribution in [2.45, 2.75) is 6.54 Å².